The monoisotopic (exact) mass is 460 g/mol. The molecular formula is C21H34Cl2N4O3. The molecule has 2 fully saturated rings. The first kappa shape index (κ1) is 26.7. The van der Waals surface area contributed by atoms with E-state index in [9.17, 15) is 9.59 Å². The third-order valence-electron chi connectivity index (χ3n) is 5.58. The van der Waals surface area contributed by atoms with Gasteiger partial charge >= 0.3 is 0 Å². The second-order valence-corrected chi connectivity index (χ2v) is 7.78. The number of anilines is 2. The molecule has 2 saturated heterocycles. The number of hydrogen-bond donors (Lipinski definition) is 3. The Morgan fingerprint density at radius 3 is 2.07 bits per heavy atom. The van der Waals surface area contributed by atoms with Crippen LogP contribution in [0.1, 0.15) is 38.5 Å². The minimum atomic E-state index is -0.531. The van der Waals surface area contributed by atoms with E-state index >= 15 is 0 Å². The Kier molecular flexibility index (Phi) is 12.3. The summed E-state index contributed by atoms with van der Waals surface area (Å²) < 4.78 is 5.32. The molecule has 2 heterocycles. The predicted octanol–water partition coefficient (Wildman–Crippen LogP) is 3.04. The largest absolute Gasteiger partial charge is 0.381 e. The second kappa shape index (κ2) is 13.8. The number of carbonyl (C=O) groups is 2. The summed E-state index contributed by atoms with van der Waals surface area (Å²) in [5.74, 6) is -0.0172. The van der Waals surface area contributed by atoms with Crippen LogP contribution in [0.15, 0.2) is 24.3 Å². The molecule has 0 saturated carbocycles. The Labute approximate surface area is 191 Å². The first-order valence-corrected chi connectivity index (χ1v) is 10.4. The zero-order chi connectivity index (χ0) is 19.8. The van der Waals surface area contributed by atoms with E-state index in [1.54, 1.807) is 24.3 Å². The SMILES string of the molecule is Cl.Cl.NC(C(=O)Nc1ccc(NC(=O)CN2CCCCCC2)cc1)C1CCOCC1. The zero-order valence-electron chi connectivity index (χ0n) is 17.3. The maximum Gasteiger partial charge on any atom is 0.241 e. The minimum Gasteiger partial charge on any atom is -0.381 e. The van der Waals surface area contributed by atoms with Gasteiger partial charge in [-0.15, -0.1) is 24.8 Å². The molecule has 4 N–H and O–H groups in total. The van der Waals surface area contributed by atoms with Crippen molar-refractivity contribution < 1.29 is 14.3 Å². The van der Waals surface area contributed by atoms with Crippen LogP contribution in [-0.2, 0) is 14.3 Å². The highest BCUT2D eigenvalue weighted by Crippen LogP contribution is 2.20. The van der Waals surface area contributed by atoms with Gasteiger partial charge in [0.2, 0.25) is 11.8 Å². The maximum atomic E-state index is 12.4. The summed E-state index contributed by atoms with van der Waals surface area (Å²) in [5.41, 5.74) is 7.51. The number of rotatable bonds is 6. The van der Waals surface area contributed by atoms with Gasteiger partial charge in [0.15, 0.2) is 0 Å². The summed E-state index contributed by atoms with van der Waals surface area (Å²) >= 11 is 0. The van der Waals surface area contributed by atoms with E-state index in [0.717, 1.165) is 44.5 Å². The topological polar surface area (TPSA) is 96.7 Å². The molecule has 30 heavy (non-hydrogen) atoms. The van der Waals surface area contributed by atoms with Crippen LogP contribution in [0.2, 0.25) is 0 Å². The van der Waals surface area contributed by atoms with E-state index in [-0.39, 0.29) is 42.5 Å². The molecule has 9 heteroatoms. The van der Waals surface area contributed by atoms with Gasteiger partial charge in [0.25, 0.3) is 0 Å². The van der Waals surface area contributed by atoms with Crippen molar-refractivity contribution >= 4 is 48.0 Å². The fraction of sp³-hybridized carbons (Fsp3) is 0.619. The Balaban J connectivity index is 0.00000225. The van der Waals surface area contributed by atoms with Crippen molar-refractivity contribution in [1.82, 2.24) is 4.90 Å². The van der Waals surface area contributed by atoms with E-state index in [0.29, 0.717) is 25.4 Å². The van der Waals surface area contributed by atoms with Crippen LogP contribution in [0.3, 0.4) is 0 Å². The Morgan fingerprint density at radius 1 is 0.967 bits per heavy atom. The smallest absolute Gasteiger partial charge is 0.241 e. The molecule has 0 radical (unpaired) electrons. The van der Waals surface area contributed by atoms with Crippen LogP contribution in [0.25, 0.3) is 0 Å². The third kappa shape index (κ3) is 8.40. The van der Waals surface area contributed by atoms with E-state index in [1.165, 1.54) is 12.8 Å². The summed E-state index contributed by atoms with van der Waals surface area (Å²) in [6, 6.07) is 6.65. The van der Waals surface area contributed by atoms with E-state index in [1.807, 2.05) is 0 Å². The molecule has 170 valence electrons. The number of nitrogens with zero attached hydrogens (tertiary/aromatic N) is 1. The highest BCUT2D eigenvalue weighted by Gasteiger charge is 2.26. The first-order chi connectivity index (χ1) is 13.6. The number of nitrogens with two attached hydrogens (primary N) is 1. The summed E-state index contributed by atoms with van der Waals surface area (Å²) in [5, 5.41) is 5.80. The van der Waals surface area contributed by atoms with Crippen LogP contribution in [0, 0.1) is 5.92 Å². The molecule has 2 aliphatic rings. The van der Waals surface area contributed by atoms with Crippen LogP contribution in [0.4, 0.5) is 11.4 Å². The van der Waals surface area contributed by atoms with Gasteiger partial charge < -0.3 is 21.1 Å². The van der Waals surface area contributed by atoms with Gasteiger partial charge in [-0.3, -0.25) is 14.5 Å². The average Bonchev–Trinajstić information content (AvgIpc) is 2.98. The van der Waals surface area contributed by atoms with Gasteiger partial charge in [0.05, 0.1) is 12.6 Å². The highest BCUT2D eigenvalue weighted by molar-refractivity contribution is 5.96. The summed E-state index contributed by atoms with van der Waals surface area (Å²) in [6.45, 7) is 3.74. The lowest BCUT2D eigenvalue weighted by Crippen LogP contribution is -2.43. The number of ether oxygens (including phenoxy) is 1. The molecular weight excluding hydrogens is 427 g/mol. The van der Waals surface area contributed by atoms with Gasteiger partial charge in [0.1, 0.15) is 0 Å². The van der Waals surface area contributed by atoms with Gasteiger partial charge in [-0.05, 0) is 69.0 Å². The predicted molar refractivity (Wildman–Crippen MR) is 125 cm³/mol. The number of benzene rings is 1. The fourth-order valence-corrected chi connectivity index (χ4v) is 3.85. The van der Waals surface area contributed by atoms with Crippen molar-refractivity contribution in [2.75, 3.05) is 43.5 Å². The number of likely N-dealkylation sites (tertiary alicyclic amines) is 1. The molecule has 7 nitrogen and oxygen atoms in total. The lowest BCUT2D eigenvalue weighted by molar-refractivity contribution is -0.119. The fourth-order valence-electron chi connectivity index (χ4n) is 3.85. The van der Waals surface area contributed by atoms with Crippen LogP contribution in [-0.4, -0.2) is 55.6 Å². The Morgan fingerprint density at radius 2 is 1.50 bits per heavy atom. The Bertz CT molecular complexity index is 646. The van der Waals surface area contributed by atoms with E-state index in [2.05, 4.69) is 15.5 Å². The van der Waals surface area contributed by atoms with Crippen molar-refractivity contribution in [2.45, 2.75) is 44.6 Å². The van der Waals surface area contributed by atoms with Crippen LogP contribution >= 0.6 is 24.8 Å². The summed E-state index contributed by atoms with van der Waals surface area (Å²) in [7, 11) is 0. The molecule has 1 aromatic carbocycles. The van der Waals surface area contributed by atoms with Crippen molar-refractivity contribution in [3.05, 3.63) is 24.3 Å². The van der Waals surface area contributed by atoms with Crippen LogP contribution in [0.5, 0.6) is 0 Å². The number of carbonyl (C=O) groups excluding carboxylic acids is 2. The minimum absolute atomic E-state index is 0. The van der Waals surface area contributed by atoms with Crippen molar-refractivity contribution in [3.63, 3.8) is 0 Å². The molecule has 0 aliphatic carbocycles. The van der Waals surface area contributed by atoms with E-state index in [4.69, 9.17) is 10.5 Å². The molecule has 0 aromatic heterocycles. The standard InChI is InChI=1S/C21H32N4O3.2ClH/c22-20(16-9-13-28-14-10-16)21(27)24-18-7-5-17(6-8-18)23-19(26)15-25-11-3-1-2-4-12-25;;/h5-8,16,20H,1-4,9-15,22H2,(H,23,26)(H,24,27);2*1H. The zero-order valence-corrected chi connectivity index (χ0v) is 18.9. The number of nitrogens with one attached hydrogen (secondary N) is 2. The molecule has 0 spiro atoms. The number of halogens is 2. The van der Waals surface area contributed by atoms with Gasteiger partial charge in [0, 0.05) is 24.6 Å². The van der Waals surface area contributed by atoms with Crippen molar-refractivity contribution in [2.24, 2.45) is 11.7 Å². The molecule has 1 aromatic rings. The average molecular weight is 461 g/mol. The number of amides is 2. The summed E-state index contributed by atoms with van der Waals surface area (Å²) in [4.78, 5) is 26.9. The molecule has 2 amide bonds. The molecule has 3 rings (SSSR count). The third-order valence-corrected chi connectivity index (χ3v) is 5.58. The summed E-state index contributed by atoms with van der Waals surface area (Å²) in [6.07, 6.45) is 6.47. The first-order valence-electron chi connectivity index (χ1n) is 10.4. The van der Waals surface area contributed by atoms with Crippen LogP contribution < -0.4 is 16.4 Å². The van der Waals surface area contributed by atoms with Crippen molar-refractivity contribution in [1.29, 1.82) is 0 Å². The normalized spacial score (nSPS) is 18.8. The highest BCUT2D eigenvalue weighted by atomic mass is 35.5. The van der Waals surface area contributed by atoms with Gasteiger partial charge in [-0.25, -0.2) is 0 Å². The van der Waals surface area contributed by atoms with Gasteiger partial charge in [-0.2, -0.15) is 0 Å². The Hall–Kier alpha value is -1.38. The van der Waals surface area contributed by atoms with Crippen molar-refractivity contribution in [3.8, 4) is 0 Å². The van der Waals surface area contributed by atoms with E-state index < -0.39 is 6.04 Å². The quantitative estimate of drug-likeness (QED) is 0.605. The maximum absolute atomic E-state index is 12.4. The molecule has 1 atom stereocenters. The lowest BCUT2D eigenvalue weighted by atomic mass is 9.92. The molecule has 1 unspecified atom stereocenters. The second-order valence-electron chi connectivity index (χ2n) is 7.78. The molecule has 0 bridgehead atoms. The van der Waals surface area contributed by atoms with Gasteiger partial charge in [-0.1, -0.05) is 12.8 Å². The molecule has 2 aliphatic heterocycles. The number of hydrogen-bond acceptors (Lipinski definition) is 5. The lowest BCUT2D eigenvalue weighted by Gasteiger charge is -2.26.